The van der Waals surface area contributed by atoms with Gasteiger partial charge >= 0.3 is 6.09 Å². The van der Waals surface area contributed by atoms with E-state index in [0.717, 1.165) is 17.5 Å². The molecule has 0 radical (unpaired) electrons. The minimum absolute atomic E-state index is 0.0771. The Hall–Kier alpha value is -3.75. The number of nitrogens with one attached hydrogen (secondary N) is 1. The monoisotopic (exact) mass is 507 g/mol. The van der Waals surface area contributed by atoms with Gasteiger partial charge in [0.15, 0.2) is 11.5 Å². The third-order valence-electron chi connectivity index (χ3n) is 7.68. The van der Waals surface area contributed by atoms with Crippen LogP contribution in [0.4, 0.5) is 4.79 Å². The Morgan fingerprint density at radius 3 is 2.41 bits per heavy atom. The Morgan fingerprint density at radius 1 is 1.00 bits per heavy atom. The zero-order chi connectivity index (χ0) is 26.1. The second-order valence-electron chi connectivity index (χ2n) is 9.63. The molecule has 9 heteroatoms. The maximum absolute atomic E-state index is 14.0. The van der Waals surface area contributed by atoms with E-state index < -0.39 is 12.0 Å². The molecule has 0 aromatic heterocycles. The van der Waals surface area contributed by atoms with Crippen molar-refractivity contribution in [1.82, 2.24) is 15.1 Å². The van der Waals surface area contributed by atoms with Gasteiger partial charge in [-0.1, -0.05) is 24.3 Å². The number of likely N-dealkylation sites (tertiary alicyclic amines) is 1. The molecule has 1 N–H and O–H groups in total. The quantitative estimate of drug-likeness (QED) is 0.667. The largest absolute Gasteiger partial charge is 0.493 e. The molecule has 2 aromatic rings. The first-order valence-electron chi connectivity index (χ1n) is 12.8. The van der Waals surface area contributed by atoms with E-state index in [1.54, 1.807) is 31.1 Å². The predicted octanol–water partition coefficient (Wildman–Crippen LogP) is 3.28. The molecule has 2 atom stereocenters. The maximum Gasteiger partial charge on any atom is 0.409 e. The minimum atomic E-state index is -0.614. The van der Waals surface area contributed by atoms with Gasteiger partial charge in [0.25, 0.3) is 5.91 Å². The van der Waals surface area contributed by atoms with Crippen LogP contribution in [0.1, 0.15) is 58.8 Å². The molecule has 9 nitrogen and oxygen atoms in total. The van der Waals surface area contributed by atoms with Gasteiger partial charge in [-0.25, -0.2) is 4.79 Å². The van der Waals surface area contributed by atoms with E-state index in [1.807, 2.05) is 23.1 Å². The number of ether oxygens (including phenoxy) is 3. The molecule has 3 aliphatic rings. The van der Waals surface area contributed by atoms with E-state index >= 15 is 0 Å². The Morgan fingerprint density at radius 2 is 1.70 bits per heavy atom. The summed E-state index contributed by atoms with van der Waals surface area (Å²) < 4.78 is 16.1. The number of nitrogens with zero attached hydrogens (tertiary/aromatic N) is 2. The number of carbonyl (C=O) groups is 3. The molecule has 2 aromatic carbocycles. The van der Waals surface area contributed by atoms with Gasteiger partial charge in [-0.15, -0.1) is 0 Å². The SMILES string of the molecule is CCOC(=O)N1CCC(NC(=O)C2c3cc(OC)c(OC)cc3C(=O)N3CCc4ccccc4C23)CC1. The molecule has 0 spiro atoms. The number of carbonyl (C=O) groups excluding carboxylic acids is 3. The van der Waals surface area contributed by atoms with Gasteiger partial charge < -0.3 is 29.3 Å². The summed E-state index contributed by atoms with van der Waals surface area (Å²) in [6, 6.07) is 11.0. The maximum atomic E-state index is 14.0. The third-order valence-corrected chi connectivity index (χ3v) is 7.68. The normalized spacial score (nSPS) is 20.9. The second-order valence-corrected chi connectivity index (χ2v) is 9.63. The fraction of sp³-hybridized carbons (Fsp3) is 0.464. The highest BCUT2D eigenvalue weighted by Crippen LogP contribution is 2.48. The number of benzene rings is 2. The Balaban J connectivity index is 1.49. The van der Waals surface area contributed by atoms with E-state index in [1.165, 1.54) is 7.11 Å². The van der Waals surface area contributed by atoms with E-state index in [-0.39, 0.29) is 23.9 Å². The van der Waals surface area contributed by atoms with Crippen LogP contribution in [-0.2, 0) is 16.0 Å². The van der Waals surface area contributed by atoms with Crippen molar-refractivity contribution in [3.8, 4) is 11.5 Å². The van der Waals surface area contributed by atoms with Crippen LogP contribution in [-0.4, -0.2) is 74.2 Å². The molecule has 37 heavy (non-hydrogen) atoms. The van der Waals surface area contributed by atoms with E-state index in [2.05, 4.69) is 11.4 Å². The summed E-state index contributed by atoms with van der Waals surface area (Å²) >= 11 is 0. The third kappa shape index (κ3) is 4.47. The van der Waals surface area contributed by atoms with Gasteiger partial charge in [0.2, 0.25) is 5.91 Å². The average Bonchev–Trinajstić information content (AvgIpc) is 2.92. The molecule has 5 rings (SSSR count). The summed E-state index contributed by atoms with van der Waals surface area (Å²) in [5.41, 5.74) is 3.26. The van der Waals surface area contributed by atoms with E-state index in [4.69, 9.17) is 14.2 Å². The van der Waals surface area contributed by atoms with Crippen LogP contribution in [0.2, 0.25) is 0 Å². The van der Waals surface area contributed by atoms with Crippen LogP contribution in [0.25, 0.3) is 0 Å². The lowest BCUT2D eigenvalue weighted by Crippen LogP contribution is -2.52. The smallest absolute Gasteiger partial charge is 0.409 e. The average molecular weight is 508 g/mol. The molecular formula is C28H33N3O6. The van der Waals surface area contributed by atoms with Gasteiger partial charge in [0.1, 0.15) is 0 Å². The van der Waals surface area contributed by atoms with Crippen LogP contribution in [0.3, 0.4) is 0 Å². The minimum Gasteiger partial charge on any atom is -0.493 e. The standard InChI is InChI=1S/C28H33N3O6/c1-4-37-28(34)30-12-10-18(11-13-30)29-26(32)24-20-15-22(35-2)23(36-3)16-21(20)27(33)31-14-9-17-7-5-6-8-19(17)25(24)31/h5-8,15-16,18,24-25H,4,9-14H2,1-3H3,(H,29,32). The molecule has 3 amide bonds. The number of amides is 3. The lowest BCUT2D eigenvalue weighted by atomic mass is 9.75. The fourth-order valence-corrected chi connectivity index (χ4v) is 5.84. The van der Waals surface area contributed by atoms with Gasteiger partial charge in [-0.05, 0) is 55.0 Å². The predicted molar refractivity (Wildman–Crippen MR) is 136 cm³/mol. The van der Waals surface area contributed by atoms with Crippen LogP contribution in [0.5, 0.6) is 11.5 Å². The van der Waals surface area contributed by atoms with Crippen molar-refractivity contribution >= 4 is 17.9 Å². The van der Waals surface area contributed by atoms with Gasteiger partial charge in [0, 0.05) is 31.2 Å². The lowest BCUT2D eigenvalue weighted by molar-refractivity contribution is -0.125. The molecule has 0 bridgehead atoms. The number of hydrogen-bond acceptors (Lipinski definition) is 6. The Bertz CT molecular complexity index is 1210. The first kappa shape index (κ1) is 24.9. The van der Waals surface area contributed by atoms with Crippen molar-refractivity contribution in [2.24, 2.45) is 0 Å². The molecule has 0 aliphatic carbocycles. The molecule has 3 aliphatic heterocycles. The number of hydrogen-bond donors (Lipinski definition) is 1. The zero-order valence-electron chi connectivity index (χ0n) is 21.5. The van der Waals surface area contributed by atoms with Gasteiger partial charge in [-0.2, -0.15) is 0 Å². The number of methoxy groups -OCH3 is 2. The van der Waals surface area contributed by atoms with Crippen molar-refractivity contribution in [1.29, 1.82) is 0 Å². The summed E-state index contributed by atoms with van der Waals surface area (Å²) in [5, 5.41) is 3.24. The summed E-state index contributed by atoms with van der Waals surface area (Å²) in [4.78, 5) is 43.3. The molecule has 3 heterocycles. The van der Waals surface area contributed by atoms with Crippen LogP contribution in [0.15, 0.2) is 36.4 Å². The summed E-state index contributed by atoms with van der Waals surface area (Å²) in [5.74, 6) is 0.0737. The topological polar surface area (TPSA) is 97.4 Å². The van der Waals surface area contributed by atoms with Crippen LogP contribution in [0, 0.1) is 0 Å². The van der Waals surface area contributed by atoms with Gasteiger partial charge in [0.05, 0.1) is 32.8 Å². The number of rotatable bonds is 5. The molecule has 1 saturated heterocycles. The van der Waals surface area contributed by atoms with Crippen molar-refractivity contribution in [3.05, 3.63) is 58.7 Å². The number of piperidine rings is 1. The lowest BCUT2D eigenvalue weighted by Gasteiger charge is -2.45. The van der Waals surface area contributed by atoms with Crippen molar-refractivity contribution in [2.45, 2.75) is 44.2 Å². The van der Waals surface area contributed by atoms with Crippen molar-refractivity contribution in [3.63, 3.8) is 0 Å². The van der Waals surface area contributed by atoms with Crippen molar-refractivity contribution < 1.29 is 28.6 Å². The highest BCUT2D eigenvalue weighted by Gasteiger charge is 2.47. The fourth-order valence-electron chi connectivity index (χ4n) is 5.84. The summed E-state index contributed by atoms with van der Waals surface area (Å²) in [7, 11) is 3.08. The highest BCUT2D eigenvalue weighted by atomic mass is 16.6. The molecule has 1 fully saturated rings. The molecule has 2 unspecified atom stereocenters. The highest BCUT2D eigenvalue weighted by molar-refractivity contribution is 6.02. The first-order chi connectivity index (χ1) is 18.0. The van der Waals surface area contributed by atoms with E-state index in [9.17, 15) is 14.4 Å². The van der Waals surface area contributed by atoms with E-state index in [0.29, 0.717) is 61.7 Å². The van der Waals surface area contributed by atoms with Crippen LogP contribution >= 0.6 is 0 Å². The Labute approximate surface area is 216 Å². The number of fused-ring (bicyclic) bond motifs is 4. The molecule has 0 saturated carbocycles. The zero-order valence-corrected chi connectivity index (χ0v) is 21.5. The first-order valence-corrected chi connectivity index (χ1v) is 12.8. The van der Waals surface area contributed by atoms with Crippen molar-refractivity contribution in [2.75, 3.05) is 40.5 Å². The van der Waals surface area contributed by atoms with Gasteiger partial charge in [-0.3, -0.25) is 9.59 Å². The molecule has 196 valence electrons. The van der Waals surface area contributed by atoms with Crippen LogP contribution < -0.4 is 14.8 Å². The summed E-state index contributed by atoms with van der Waals surface area (Å²) in [6.07, 6.45) is 1.70. The molecular weight excluding hydrogens is 474 g/mol. The second kappa shape index (κ2) is 10.3. The summed E-state index contributed by atoms with van der Waals surface area (Å²) in [6.45, 7) is 3.70. The Kier molecular flexibility index (Phi) is 6.95.